The second-order valence-corrected chi connectivity index (χ2v) is 9.27. The molecule has 3 rings (SSSR count). The van der Waals surface area contributed by atoms with Crippen LogP contribution in [0, 0.1) is 5.92 Å². The summed E-state index contributed by atoms with van der Waals surface area (Å²) in [6.45, 7) is 5.22. The number of amides is 1. The maximum Gasteiger partial charge on any atom is 0.635 e. The van der Waals surface area contributed by atoms with Crippen molar-refractivity contribution in [3.05, 3.63) is 60.7 Å². The van der Waals surface area contributed by atoms with Crippen molar-refractivity contribution in [1.29, 1.82) is 0 Å². The minimum absolute atomic E-state index is 0. The summed E-state index contributed by atoms with van der Waals surface area (Å²) in [5, 5.41) is 25.9. The minimum atomic E-state index is -1.97. The third-order valence-electron chi connectivity index (χ3n) is 5.37. The summed E-state index contributed by atoms with van der Waals surface area (Å²) in [6.07, 6.45) is -0.399. The van der Waals surface area contributed by atoms with Crippen LogP contribution in [0.2, 0.25) is 0 Å². The fourth-order valence-corrected chi connectivity index (χ4v) is 3.70. The Balaban J connectivity index is 0.00000481. The Bertz CT molecular complexity index is 1100. The van der Waals surface area contributed by atoms with E-state index < -0.39 is 13.5 Å². The topological polar surface area (TPSA) is 109 Å². The molecule has 37 heavy (non-hydrogen) atoms. The first-order chi connectivity index (χ1) is 17.2. The number of benzene rings is 2. The van der Waals surface area contributed by atoms with Crippen molar-refractivity contribution in [1.82, 2.24) is 20.0 Å². The van der Waals surface area contributed by atoms with Gasteiger partial charge in [-0.15, -0.1) is 12.4 Å². The standard InChI is InChI=1S/C26H35BN4O5.ClH/c1-19(2)15-26(36-27(33)34)28-25(32)18-31-24(20-9-6-5-7-10-20)17-23(29-31)21-11-8-12-22(16-21)35-14-13-30(3)4;/h5-12,16-17,19,26,33-34H,13-15,18H2,1-4H3,(H,28,32);1H/t26-;/m1./s1. The predicted octanol–water partition coefficient (Wildman–Crippen LogP) is 3.05. The molecular weight excluding hydrogens is 495 g/mol. The number of aromatic nitrogens is 2. The first-order valence-electron chi connectivity index (χ1n) is 12.0. The van der Waals surface area contributed by atoms with Crippen molar-refractivity contribution < 1.29 is 24.2 Å². The van der Waals surface area contributed by atoms with Gasteiger partial charge < -0.3 is 29.7 Å². The molecule has 3 N–H and O–H groups in total. The van der Waals surface area contributed by atoms with Crippen LogP contribution in [0.4, 0.5) is 0 Å². The van der Waals surface area contributed by atoms with Gasteiger partial charge in [-0.3, -0.25) is 9.48 Å². The lowest BCUT2D eigenvalue weighted by Gasteiger charge is -2.21. The van der Waals surface area contributed by atoms with E-state index in [-0.39, 0.29) is 30.8 Å². The highest BCUT2D eigenvalue weighted by atomic mass is 35.5. The van der Waals surface area contributed by atoms with Crippen molar-refractivity contribution in [2.75, 3.05) is 27.2 Å². The Morgan fingerprint density at radius 2 is 1.78 bits per heavy atom. The van der Waals surface area contributed by atoms with E-state index in [1.807, 2.05) is 88.6 Å². The molecule has 0 saturated carbocycles. The number of ether oxygens (including phenoxy) is 1. The van der Waals surface area contributed by atoms with Crippen LogP contribution in [0.15, 0.2) is 60.7 Å². The van der Waals surface area contributed by atoms with E-state index in [1.165, 1.54) is 0 Å². The number of hydrogen-bond donors (Lipinski definition) is 3. The van der Waals surface area contributed by atoms with Crippen molar-refractivity contribution in [2.24, 2.45) is 5.92 Å². The highest BCUT2D eigenvalue weighted by Gasteiger charge is 2.22. The summed E-state index contributed by atoms with van der Waals surface area (Å²) in [5.74, 6) is 0.575. The van der Waals surface area contributed by atoms with Crippen LogP contribution in [-0.2, 0) is 16.0 Å². The summed E-state index contributed by atoms with van der Waals surface area (Å²) in [6, 6.07) is 19.4. The number of likely N-dealkylation sites (N-methyl/N-ethyl adjacent to an activating group) is 1. The van der Waals surface area contributed by atoms with Gasteiger partial charge in [0.05, 0.1) is 11.4 Å². The Kier molecular flexibility index (Phi) is 12.1. The average molecular weight is 531 g/mol. The van der Waals surface area contributed by atoms with Crippen LogP contribution in [0.3, 0.4) is 0 Å². The van der Waals surface area contributed by atoms with Gasteiger partial charge in [-0.25, -0.2) is 0 Å². The van der Waals surface area contributed by atoms with E-state index in [1.54, 1.807) is 4.68 Å². The third-order valence-corrected chi connectivity index (χ3v) is 5.37. The summed E-state index contributed by atoms with van der Waals surface area (Å²) in [7, 11) is 2.02. The van der Waals surface area contributed by atoms with Gasteiger partial charge >= 0.3 is 7.32 Å². The molecule has 0 spiro atoms. The lowest BCUT2D eigenvalue weighted by Crippen LogP contribution is -2.43. The molecule has 0 bridgehead atoms. The molecule has 9 nitrogen and oxygen atoms in total. The smallest absolute Gasteiger partial charge is 0.492 e. The first kappa shape index (κ1) is 30.3. The molecule has 1 heterocycles. The monoisotopic (exact) mass is 530 g/mol. The third kappa shape index (κ3) is 9.83. The van der Waals surface area contributed by atoms with Gasteiger partial charge in [-0.1, -0.05) is 56.3 Å². The molecule has 0 saturated heterocycles. The molecule has 2 aromatic carbocycles. The molecule has 200 valence electrons. The Morgan fingerprint density at radius 3 is 2.43 bits per heavy atom. The maximum absolute atomic E-state index is 12.9. The number of hydrogen-bond acceptors (Lipinski definition) is 7. The van der Waals surface area contributed by atoms with Crippen LogP contribution in [0.25, 0.3) is 22.5 Å². The Hall–Kier alpha value is -2.89. The van der Waals surface area contributed by atoms with Gasteiger partial charge in [-0.2, -0.15) is 5.10 Å². The molecule has 3 aromatic rings. The molecule has 1 atom stereocenters. The van der Waals surface area contributed by atoms with Gasteiger partial charge in [0.2, 0.25) is 5.91 Å². The van der Waals surface area contributed by atoms with E-state index in [0.29, 0.717) is 18.7 Å². The molecule has 0 aliphatic carbocycles. The summed E-state index contributed by atoms with van der Waals surface area (Å²) >= 11 is 0. The van der Waals surface area contributed by atoms with Crippen LogP contribution in [0.1, 0.15) is 20.3 Å². The van der Waals surface area contributed by atoms with Gasteiger partial charge in [0.1, 0.15) is 25.1 Å². The number of nitrogens with zero attached hydrogens (tertiary/aromatic N) is 3. The number of nitrogens with one attached hydrogen (secondary N) is 1. The Morgan fingerprint density at radius 1 is 1.08 bits per heavy atom. The van der Waals surface area contributed by atoms with Crippen LogP contribution < -0.4 is 10.1 Å². The van der Waals surface area contributed by atoms with Crippen LogP contribution >= 0.6 is 12.4 Å². The van der Waals surface area contributed by atoms with E-state index in [4.69, 9.17) is 14.5 Å². The number of rotatable bonds is 13. The maximum atomic E-state index is 12.9. The van der Waals surface area contributed by atoms with E-state index in [0.717, 1.165) is 29.1 Å². The quantitative estimate of drug-likeness (QED) is 0.230. The molecule has 11 heteroatoms. The Labute approximate surface area is 225 Å². The van der Waals surface area contributed by atoms with Crippen molar-refractivity contribution in [3.63, 3.8) is 0 Å². The molecule has 1 aromatic heterocycles. The second kappa shape index (κ2) is 14.8. The van der Waals surface area contributed by atoms with E-state index in [9.17, 15) is 14.8 Å². The molecule has 0 unspecified atom stereocenters. The van der Waals surface area contributed by atoms with Crippen molar-refractivity contribution in [3.8, 4) is 28.3 Å². The fourth-order valence-electron chi connectivity index (χ4n) is 3.70. The zero-order valence-corrected chi connectivity index (χ0v) is 22.5. The molecule has 0 aliphatic heterocycles. The van der Waals surface area contributed by atoms with Gasteiger partial charge in [0, 0.05) is 12.1 Å². The summed E-state index contributed by atoms with van der Waals surface area (Å²) in [5.41, 5.74) is 3.28. The molecule has 1 amide bonds. The zero-order chi connectivity index (χ0) is 26.1. The lowest BCUT2D eigenvalue weighted by molar-refractivity contribution is -0.125. The van der Waals surface area contributed by atoms with Gasteiger partial charge in [-0.05, 0) is 50.2 Å². The highest BCUT2D eigenvalue weighted by molar-refractivity contribution is 6.32. The normalized spacial score (nSPS) is 11.8. The van der Waals surface area contributed by atoms with Gasteiger partial charge in [0.15, 0.2) is 0 Å². The number of carbonyl (C=O) groups is 1. The van der Waals surface area contributed by atoms with Gasteiger partial charge in [0.25, 0.3) is 0 Å². The van der Waals surface area contributed by atoms with Crippen molar-refractivity contribution in [2.45, 2.75) is 33.0 Å². The van der Waals surface area contributed by atoms with E-state index >= 15 is 0 Å². The summed E-state index contributed by atoms with van der Waals surface area (Å²) < 4.78 is 12.6. The second-order valence-electron chi connectivity index (χ2n) is 9.27. The largest absolute Gasteiger partial charge is 0.635 e. The minimum Gasteiger partial charge on any atom is -0.492 e. The van der Waals surface area contributed by atoms with Crippen LogP contribution in [0.5, 0.6) is 5.75 Å². The molecule has 0 radical (unpaired) electrons. The molecule has 0 fully saturated rings. The SMILES string of the molecule is CC(C)C[C@H](NC(=O)Cn1nc(-c2cccc(OCCN(C)C)c2)cc1-c1ccccc1)OB(O)O.Cl. The number of carbonyl (C=O) groups excluding carboxylic acids is 1. The predicted molar refractivity (Wildman–Crippen MR) is 147 cm³/mol. The molecule has 0 aliphatic rings. The molecular formula is C26H36BClN4O5. The van der Waals surface area contributed by atoms with E-state index in [2.05, 4.69) is 10.2 Å². The summed E-state index contributed by atoms with van der Waals surface area (Å²) in [4.78, 5) is 15.0. The zero-order valence-electron chi connectivity index (χ0n) is 21.7. The highest BCUT2D eigenvalue weighted by Crippen LogP contribution is 2.28. The number of halogens is 1. The van der Waals surface area contributed by atoms with Crippen LogP contribution in [-0.4, -0.2) is 71.4 Å². The fraction of sp³-hybridized carbons (Fsp3) is 0.385. The first-order valence-corrected chi connectivity index (χ1v) is 12.0. The lowest BCUT2D eigenvalue weighted by atomic mass is 10.1. The van der Waals surface area contributed by atoms with Crippen molar-refractivity contribution >= 4 is 25.6 Å². The average Bonchev–Trinajstić information content (AvgIpc) is 3.22.